The van der Waals surface area contributed by atoms with Crippen molar-refractivity contribution in [2.75, 3.05) is 38.2 Å². The van der Waals surface area contributed by atoms with Crippen LogP contribution in [0.25, 0.3) is 0 Å². The van der Waals surface area contributed by atoms with E-state index in [-0.39, 0.29) is 12.0 Å². The van der Waals surface area contributed by atoms with Crippen LogP contribution in [0, 0.1) is 6.92 Å². The molecule has 1 aliphatic heterocycles. The summed E-state index contributed by atoms with van der Waals surface area (Å²) in [4.78, 5) is 21.1. The smallest absolute Gasteiger partial charge is 0.230 e. The third-order valence-electron chi connectivity index (χ3n) is 4.00. The molecule has 0 aromatic carbocycles. The van der Waals surface area contributed by atoms with Gasteiger partial charge < -0.3 is 9.64 Å². The second-order valence-corrected chi connectivity index (χ2v) is 6.98. The summed E-state index contributed by atoms with van der Waals surface area (Å²) in [6.07, 6.45) is 5.88. The van der Waals surface area contributed by atoms with Crippen LogP contribution in [0.3, 0.4) is 0 Å². The second kappa shape index (κ2) is 7.87. The first kappa shape index (κ1) is 17.1. The molecule has 0 bridgehead atoms. The summed E-state index contributed by atoms with van der Waals surface area (Å²) in [5.41, 5.74) is 1.10. The number of carbonyl (C=O) groups is 1. The molecule has 3 rings (SSSR count). The average molecular weight is 349 g/mol. The summed E-state index contributed by atoms with van der Waals surface area (Å²) in [5.74, 6) is 0.0509. The fourth-order valence-corrected chi connectivity index (χ4v) is 3.42. The minimum absolute atomic E-state index is 0.0172. The van der Waals surface area contributed by atoms with Gasteiger partial charge in [0, 0.05) is 43.8 Å². The number of carbonyl (C=O) groups excluding carboxylic acids is 1. The van der Waals surface area contributed by atoms with Crippen molar-refractivity contribution in [1.82, 2.24) is 19.7 Å². The Bertz CT molecular complexity index is 657. The van der Waals surface area contributed by atoms with Crippen molar-refractivity contribution >= 4 is 22.4 Å². The quantitative estimate of drug-likeness (QED) is 0.789. The highest BCUT2D eigenvalue weighted by molar-refractivity contribution is 7.13. The van der Waals surface area contributed by atoms with E-state index in [2.05, 4.69) is 22.0 Å². The number of likely N-dealkylation sites (N-methyl/N-ethyl adjacent to an activating group) is 1. The Balaban J connectivity index is 1.64. The van der Waals surface area contributed by atoms with E-state index < -0.39 is 0 Å². The number of anilines is 1. The highest BCUT2D eigenvalue weighted by atomic mass is 32.1. The summed E-state index contributed by atoms with van der Waals surface area (Å²) in [7, 11) is 2.07. The van der Waals surface area contributed by atoms with Crippen molar-refractivity contribution in [3.05, 3.63) is 29.5 Å². The summed E-state index contributed by atoms with van der Waals surface area (Å²) >= 11 is 1.48. The molecule has 1 saturated heterocycles. The molecule has 0 N–H and O–H groups in total. The number of morpholine rings is 1. The molecule has 24 heavy (non-hydrogen) atoms. The molecule has 130 valence electrons. The minimum Gasteiger partial charge on any atom is -0.374 e. The molecule has 1 fully saturated rings. The first-order valence-corrected chi connectivity index (χ1v) is 8.99. The maximum absolute atomic E-state index is 12.8. The van der Waals surface area contributed by atoms with E-state index in [4.69, 9.17) is 4.74 Å². The summed E-state index contributed by atoms with van der Waals surface area (Å²) in [6, 6.07) is 0. The fourth-order valence-electron chi connectivity index (χ4n) is 2.75. The predicted molar refractivity (Wildman–Crippen MR) is 93.3 cm³/mol. The van der Waals surface area contributed by atoms with Crippen LogP contribution in [0.4, 0.5) is 5.13 Å². The van der Waals surface area contributed by atoms with Gasteiger partial charge in [0.1, 0.15) is 0 Å². The van der Waals surface area contributed by atoms with E-state index in [0.717, 1.165) is 23.8 Å². The molecule has 2 aromatic heterocycles. The summed E-state index contributed by atoms with van der Waals surface area (Å²) in [6.45, 7) is 5.56. The molecule has 0 saturated carbocycles. The number of aryl methyl sites for hydroxylation is 2. The van der Waals surface area contributed by atoms with Crippen LogP contribution in [0.1, 0.15) is 12.0 Å². The van der Waals surface area contributed by atoms with Crippen molar-refractivity contribution in [2.24, 2.45) is 0 Å². The highest BCUT2D eigenvalue weighted by Gasteiger charge is 2.25. The Kier molecular flexibility index (Phi) is 5.60. The zero-order valence-corrected chi connectivity index (χ0v) is 14.9. The van der Waals surface area contributed by atoms with Crippen LogP contribution >= 0.6 is 11.3 Å². The second-order valence-electron chi connectivity index (χ2n) is 6.10. The van der Waals surface area contributed by atoms with E-state index in [1.54, 1.807) is 22.0 Å². The van der Waals surface area contributed by atoms with Gasteiger partial charge in [0.2, 0.25) is 5.91 Å². The predicted octanol–water partition coefficient (Wildman–Crippen LogP) is 1.40. The van der Waals surface area contributed by atoms with Gasteiger partial charge in [0.15, 0.2) is 5.13 Å². The van der Waals surface area contributed by atoms with E-state index in [0.29, 0.717) is 26.1 Å². The molecule has 7 nitrogen and oxygen atoms in total. The summed E-state index contributed by atoms with van der Waals surface area (Å²) < 4.78 is 7.62. The molecule has 1 amide bonds. The average Bonchev–Trinajstić information content (AvgIpc) is 3.22. The van der Waals surface area contributed by atoms with Gasteiger partial charge in [-0.25, -0.2) is 4.98 Å². The monoisotopic (exact) mass is 349 g/mol. The number of hydrogen-bond acceptors (Lipinski definition) is 6. The van der Waals surface area contributed by atoms with Gasteiger partial charge in [-0.1, -0.05) is 0 Å². The SMILES string of the molecule is Cc1cnn(CCC(=O)N(C[C@H]2CN(C)CCO2)c2nccs2)c1. The molecule has 0 aliphatic carbocycles. The third kappa shape index (κ3) is 4.40. The van der Waals surface area contributed by atoms with Crippen LogP contribution in [-0.2, 0) is 16.1 Å². The van der Waals surface area contributed by atoms with Crippen LogP contribution < -0.4 is 4.90 Å². The van der Waals surface area contributed by atoms with Crippen LogP contribution in [-0.4, -0.2) is 65.0 Å². The molecule has 0 unspecified atom stereocenters. The van der Waals surface area contributed by atoms with Crippen LogP contribution in [0.5, 0.6) is 0 Å². The molecular formula is C16H23N5O2S. The lowest BCUT2D eigenvalue weighted by Gasteiger charge is -2.33. The third-order valence-corrected chi connectivity index (χ3v) is 4.79. The largest absolute Gasteiger partial charge is 0.374 e. The molecule has 1 atom stereocenters. The number of amides is 1. The van der Waals surface area contributed by atoms with Crippen molar-refractivity contribution in [3.8, 4) is 0 Å². The minimum atomic E-state index is 0.0172. The van der Waals surface area contributed by atoms with Crippen LogP contribution in [0.2, 0.25) is 0 Å². The first-order chi connectivity index (χ1) is 11.6. The van der Waals surface area contributed by atoms with E-state index >= 15 is 0 Å². The molecule has 0 radical (unpaired) electrons. The van der Waals surface area contributed by atoms with Gasteiger partial charge in [-0.2, -0.15) is 5.10 Å². The summed E-state index contributed by atoms with van der Waals surface area (Å²) in [5, 5.41) is 6.86. The Hall–Kier alpha value is -1.77. The van der Waals surface area contributed by atoms with Crippen molar-refractivity contribution in [2.45, 2.75) is 26.0 Å². The molecule has 8 heteroatoms. The van der Waals surface area contributed by atoms with Crippen LogP contribution in [0.15, 0.2) is 24.0 Å². The Labute approximate surface area is 145 Å². The number of thiazole rings is 1. The number of rotatable bonds is 6. The number of nitrogens with zero attached hydrogens (tertiary/aromatic N) is 5. The van der Waals surface area contributed by atoms with Crippen molar-refractivity contribution in [3.63, 3.8) is 0 Å². The number of ether oxygens (including phenoxy) is 1. The molecular weight excluding hydrogens is 326 g/mol. The van der Waals surface area contributed by atoms with E-state index in [1.807, 2.05) is 18.5 Å². The van der Waals surface area contributed by atoms with Crippen molar-refractivity contribution in [1.29, 1.82) is 0 Å². The zero-order chi connectivity index (χ0) is 16.9. The lowest BCUT2D eigenvalue weighted by atomic mass is 10.2. The van der Waals surface area contributed by atoms with Gasteiger partial charge >= 0.3 is 0 Å². The number of aromatic nitrogens is 3. The van der Waals surface area contributed by atoms with E-state index in [9.17, 15) is 4.79 Å². The molecule has 1 aliphatic rings. The molecule has 0 spiro atoms. The van der Waals surface area contributed by atoms with Gasteiger partial charge in [-0.05, 0) is 19.5 Å². The lowest BCUT2D eigenvalue weighted by Crippen LogP contribution is -2.47. The maximum atomic E-state index is 12.8. The Morgan fingerprint density at radius 1 is 1.54 bits per heavy atom. The molecule has 2 aromatic rings. The van der Waals surface area contributed by atoms with Gasteiger partial charge in [-0.15, -0.1) is 11.3 Å². The van der Waals surface area contributed by atoms with Gasteiger partial charge in [0.05, 0.1) is 25.5 Å². The number of hydrogen-bond donors (Lipinski definition) is 0. The molecule has 3 heterocycles. The Morgan fingerprint density at radius 2 is 2.42 bits per heavy atom. The Morgan fingerprint density at radius 3 is 3.08 bits per heavy atom. The van der Waals surface area contributed by atoms with Crippen molar-refractivity contribution < 1.29 is 9.53 Å². The zero-order valence-electron chi connectivity index (χ0n) is 14.1. The highest BCUT2D eigenvalue weighted by Crippen LogP contribution is 2.20. The standard InChI is InChI=1S/C16H23N5O2S/c1-13-9-18-20(10-13)5-3-15(22)21(16-17-4-8-24-16)12-14-11-19(2)6-7-23-14/h4,8-10,14H,3,5-7,11-12H2,1-2H3/t14-/m1/s1. The first-order valence-electron chi connectivity index (χ1n) is 8.11. The topological polar surface area (TPSA) is 63.5 Å². The van der Waals surface area contributed by atoms with E-state index in [1.165, 1.54) is 11.3 Å². The lowest BCUT2D eigenvalue weighted by molar-refractivity contribution is -0.119. The van der Waals surface area contributed by atoms with Gasteiger partial charge in [-0.3, -0.25) is 14.4 Å². The van der Waals surface area contributed by atoms with Gasteiger partial charge in [0.25, 0.3) is 0 Å². The maximum Gasteiger partial charge on any atom is 0.230 e. The fraction of sp³-hybridized carbons (Fsp3) is 0.562. The normalized spacial score (nSPS) is 18.7.